The average molecular weight is 742 g/mol. The largest absolute Gasteiger partial charge is 0.378 e. The van der Waals surface area contributed by atoms with E-state index in [1.54, 1.807) is 7.05 Å². The second kappa shape index (κ2) is 19.4. The minimum Gasteiger partial charge on any atom is -0.378 e. The maximum absolute atomic E-state index is 4.38. The van der Waals surface area contributed by atoms with Crippen molar-refractivity contribution in [3.05, 3.63) is 155 Å². The van der Waals surface area contributed by atoms with Gasteiger partial charge < -0.3 is 4.90 Å². The topological polar surface area (TPSA) is 127 Å². The molecule has 0 atom stereocenters. The summed E-state index contributed by atoms with van der Waals surface area (Å²) in [7, 11) is 5.67. The van der Waals surface area contributed by atoms with Gasteiger partial charge in [-0.2, -0.15) is 51.1 Å². The van der Waals surface area contributed by atoms with Crippen molar-refractivity contribution < 1.29 is 0 Å². The monoisotopic (exact) mass is 741 g/mol. The molecule has 0 aliphatic heterocycles. The van der Waals surface area contributed by atoms with Crippen molar-refractivity contribution in [1.29, 1.82) is 0 Å². The van der Waals surface area contributed by atoms with Crippen LogP contribution in [-0.4, -0.2) is 21.1 Å². The summed E-state index contributed by atoms with van der Waals surface area (Å²) in [5, 5.41) is 42.5. The highest BCUT2D eigenvalue weighted by Crippen LogP contribution is 2.31. The minimum absolute atomic E-state index is 0.767. The second-order valence-corrected chi connectivity index (χ2v) is 13.5. The lowest BCUT2D eigenvalue weighted by molar-refractivity contribution is 1.13. The zero-order chi connectivity index (χ0) is 40.0. The Labute approximate surface area is 329 Å². The Morgan fingerprint density at radius 3 is 1.07 bits per heavy atom. The van der Waals surface area contributed by atoms with Crippen LogP contribution in [0.25, 0.3) is 0 Å². The van der Waals surface area contributed by atoms with Gasteiger partial charge in [0, 0.05) is 26.8 Å². The van der Waals surface area contributed by atoms with E-state index in [1.807, 2.05) is 157 Å². The predicted octanol–water partition coefficient (Wildman–Crippen LogP) is 15.7. The van der Waals surface area contributed by atoms with E-state index in [0.717, 1.165) is 73.6 Å². The van der Waals surface area contributed by atoms with E-state index in [9.17, 15) is 0 Å². The van der Waals surface area contributed by atoms with Crippen molar-refractivity contribution in [2.45, 2.75) is 41.5 Å². The molecule has 6 rings (SSSR count). The fourth-order valence-corrected chi connectivity index (χ4v) is 5.22. The third-order valence-corrected chi connectivity index (χ3v) is 8.75. The first-order chi connectivity index (χ1) is 27.0. The summed E-state index contributed by atoms with van der Waals surface area (Å²) in [6, 6.07) is 39.2. The number of nitrogens with zero attached hydrogens (tertiary/aromatic N) is 11. The van der Waals surface area contributed by atoms with Gasteiger partial charge in [0.1, 0.15) is 0 Å². The van der Waals surface area contributed by atoms with E-state index in [4.69, 9.17) is 0 Å². The molecule has 0 unspecified atom stereocenters. The lowest BCUT2D eigenvalue weighted by atomic mass is 10.1. The van der Waals surface area contributed by atoms with E-state index >= 15 is 0 Å². The maximum Gasteiger partial charge on any atom is 0.0887 e. The first-order valence-corrected chi connectivity index (χ1v) is 18.2. The Kier molecular flexibility index (Phi) is 14.0. The SMILES string of the molecule is CN=Nc1ccc(N=Nc2ccc(N=Nc3ccc(C)cc3)c(C)c2)c(C)c1.Cc1ccc(N=Nc2ccc(N=Nc3ccc(N(C)C)cc3)cc2C)cc1C. The standard InChI is InChI=1S/C23H25N5.C22H22N6/c1-16-6-7-20(14-17(16)2)26-27-23-13-10-21(15-18(23)3)25-24-19-8-11-22(12-9-19)28(4)5;1-15-5-7-18(8-6-15)25-27-21-12-10-20(14-17(21)3)26-28-22-11-9-19(24-23-4)13-16(22)2/h6-15H,1-5H3;5-14H,1-4H3. The molecule has 0 bridgehead atoms. The molecule has 6 aromatic rings. The van der Waals surface area contributed by atoms with Crippen LogP contribution in [0.15, 0.2) is 172 Å². The Morgan fingerprint density at radius 2 is 0.661 bits per heavy atom. The number of hydrogen-bond donors (Lipinski definition) is 0. The third kappa shape index (κ3) is 11.8. The molecule has 0 saturated heterocycles. The van der Waals surface area contributed by atoms with Gasteiger partial charge in [0.05, 0.1) is 51.2 Å². The van der Waals surface area contributed by atoms with E-state index in [0.29, 0.717) is 0 Å². The summed E-state index contributed by atoms with van der Waals surface area (Å²) >= 11 is 0. The van der Waals surface area contributed by atoms with Crippen LogP contribution in [0.2, 0.25) is 0 Å². The number of hydrogen-bond acceptors (Lipinski definition) is 11. The van der Waals surface area contributed by atoms with Crippen molar-refractivity contribution >= 4 is 56.9 Å². The minimum atomic E-state index is 0.767. The molecule has 0 N–H and O–H groups in total. The lowest BCUT2D eigenvalue weighted by Gasteiger charge is -2.11. The summed E-state index contributed by atoms with van der Waals surface area (Å²) < 4.78 is 0. The van der Waals surface area contributed by atoms with Crippen molar-refractivity contribution in [3.63, 3.8) is 0 Å². The van der Waals surface area contributed by atoms with Crippen molar-refractivity contribution in [2.75, 3.05) is 26.0 Å². The van der Waals surface area contributed by atoms with E-state index < -0.39 is 0 Å². The summed E-state index contributed by atoms with van der Waals surface area (Å²) in [5.74, 6) is 0. The van der Waals surface area contributed by atoms with E-state index in [1.165, 1.54) is 16.7 Å². The second-order valence-electron chi connectivity index (χ2n) is 13.5. The molecule has 6 aromatic carbocycles. The summed E-state index contributed by atoms with van der Waals surface area (Å²) in [5.41, 5.74) is 15.1. The Morgan fingerprint density at radius 1 is 0.321 bits per heavy atom. The summed E-state index contributed by atoms with van der Waals surface area (Å²) in [6.45, 7) is 12.2. The van der Waals surface area contributed by atoms with Crippen LogP contribution in [-0.2, 0) is 0 Å². The molecular formula is C45H47N11. The van der Waals surface area contributed by atoms with Gasteiger partial charge in [0.25, 0.3) is 0 Å². The third-order valence-electron chi connectivity index (χ3n) is 8.75. The number of azo groups is 5. The van der Waals surface area contributed by atoms with Crippen LogP contribution in [0.3, 0.4) is 0 Å². The molecule has 56 heavy (non-hydrogen) atoms. The van der Waals surface area contributed by atoms with Crippen LogP contribution in [0.1, 0.15) is 33.4 Å². The van der Waals surface area contributed by atoms with E-state index in [2.05, 4.69) is 76.0 Å². The highest BCUT2D eigenvalue weighted by molar-refractivity contribution is 5.57. The number of rotatable bonds is 10. The quantitative estimate of drug-likeness (QED) is 0.127. The molecule has 11 nitrogen and oxygen atoms in total. The normalized spacial score (nSPS) is 11.7. The predicted molar refractivity (Wildman–Crippen MR) is 229 cm³/mol. The lowest BCUT2D eigenvalue weighted by Crippen LogP contribution is -2.07. The average Bonchev–Trinajstić information content (AvgIpc) is 3.18. The maximum atomic E-state index is 4.38. The Bertz CT molecular complexity index is 2410. The van der Waals surface area contributed by atoms with Crippen LogP contribution >= 0.6 is 0 Å². The van der Waals surface area contributed by atoms with Gasteiger partial charge in [-0.3, -0.25) is 0 Å². The Hall–Kier alpha value is -6.88. The van der Waals surface area contributed by atoms with Crippen molar-refractivity contribution in [2.24, 2.45) is 51.1 Å². The van der Waals surface area contributed by atoms with Gasteiger partial charge >= 0.3 is 0 Å². The number of benzene rings is 6. The molecular weight excluding hydrogens is 695 g/mol. The van der Waals surface area contributed by atoms with Crippen LogP contribution in [0.5, 0.6) is 0 Å². The molecule has 282 valence electrons. The molecule has 0 heterocycles. The van der Waals surface area contributed by atoms with Gasteiger partial charge in [0.15, 0.2) is 0 Å². The van der Waals surface area contributed by atoms with Gasteiger partial charge in [-0.05, 0) is 172 Å². The van der Waals surface area contributed by atoms with Gasteiger partial charge in [-0.15, -0.1) is 0 Å². The van der Waals surface area contributed by atoms with Crippen LogP contribution in [0, 0.1) is 41.5 Å². The van der Waals surface area contributed by atoms with Gasteiger partial charge in [-0.25, -0.2) is 0 Å². The van der Waals surface area contributed by atoms with Gasteiger partial charge in [0.2, 0.25) is 0 Å². The van der Waals surface area contributed by atoms with Crippen LogP contribution in [0.4, 0.5) is 56.9 Å². The first-order valence-electron chi connectivity index (χ1n) is 18.2. The highest BCUT2D eigenvalue weighted by atomic mass is 15.1. The zero-order valence-electron chi connectivity index (χ0n) is 33.5. The zero-order valence-corrected chi connectivity index (χ0v) is 33.5. The summed E-state index contributed by atoms with van der Waals surface area (Å²) in [6.07, 6.45) is 0. The van der Waals surface area contributed by atoms with Crippen molar-refractivity contribution in [1.82, 2.24) is 0 Å². The molecule has 11 heteroatoms. The van der Waals surface area contributed by atoms with Gasteiger partial charge in [-0.1, -0.05) is 23.8 Å². The molecule has 0 fully saturated rings. The smallest absolute Gasteiger partial charge is 0.0887 e. The number of anilines is 1. The molecule has 0 spiro atoms. The summed E-state index contributed by atoms with van der Waals surface area (Å²) in [4.78, 5) is 2.05. The molecule has 0 saturated carbocycles. The molecule has 0 aliphatic rings. The number of aryl methyl sites for hydroxylation is 6. The molecule has 0 aromatic heterocycles. The Balaban J connectivity index is 0.000000214. The highest BCUT2D eigenvalue weighted by Gasteiger charge is 2.03. The van der Waals surface area contributed by atoms with Crippen LogP contribution < -0.4 is 4.90 Å². The fourth-order valence-electron chi connectivity index (χ4n) is 5.22. The fraction of sp³-hybridized carbons (Fsp3) is 0.200. The van der Waals surface area contributed by atoms with Crippen molar-refractivity contribution in [3.8, 4) is 0 Å². The van der Waals surface area contributed by atoms with E-state index in [-0.39, 0.29) is 0 Å². The molecule has 0 amide bonds. The molecule has 0 aliphatic carbocycles. The first kappa shape index (κ1) is 40.3. The molecule has 0 radical (unpaired) electrons.